The van der Waals surface area contributed by atoms with Gasteiger partial charge >= 0.3 is 0 Å². The number of benzene rings is 2. The fourth-order valence-electron chi connectivity index (χ4n) is 3.56. The van der Waals surface area contributed by atoms with E-state index in [1.165, 1.54) is 6.08 Å². The van der Waals surface area contributed by atoms with Crippen molar-refractivity contribution in [1.82, 2.24) is 14.8 Å². The maximum atomic E-state index is 12.9. The average Bonchev–Trinajstić information content (AvgIpc) is 3.32. The van der Waals surface area contributed by atoms with E-state index in [4.69, 9.17) is 14.6 Å². The van der Waals surface area contributed by atoms with Crippen molar-refractivity contribution < 1.29 is 14.3 Å². The molecule has 0 spiro atoms. The van der Waals surface area contributed by atoms with Gasteiger partial charge < -0.3 is 14.8 Å². The predicted octanol–water partition coefficient (Wildman–Crippen LogP) is 4.25. The summed E-state index contributed by atoms with van der Waals surface area (Å²) >= 11 is 0. The number of amides is 1. The van der Waals surface area contributed by atoms with Crippen molar-refractivity contribution in [2.75, 3.05) is 18.5 Å². The zero-order valence-electron chi connectivity index (χ0n) is 18.0. The van der Waals surface area contributed by atoms with Gasteiger partial charge in [-0.3, -0.25) is 9.78 Å². The first-order chi connectivity index (χ1) is 16.7. The Kier molecular flexibility index (Phi) is 5.74. The first-order valence-corrected chi connectivity index (χ1v) is 10.6. The SMILES string of the molecule is N#C/C(=C\c1cn(-c2ccccc2)nc1-c1cccnc1)C(=O)Nc1ccc2c(c1)OCCO2. The lowest BCUT2D eigenvalue weighted by molar-refractivity contribution is -0.112. The molecule has 2 aromatic carbocycles. The fraction of sp³-hybridized carbons (Fsp3) is 0.0769. The summed E-state index contributed by atoms with van der Waals surface area (Å²) in [6.45, 7) is 0.923. The molecule has 4 aromatic rings. The van der Waals surface area contributed by atoms with E-state index in [1.54, 1.807) is 41.5 Å². The number of carbonyl (C=O) groups excluding carboxylic acids is 1. The molecule has 5 rings (SSSR count). The topological polar surface area (TPSA) is 102 Å². The molecule has 8 heteroatoms. The van der Waals surface area contributed by atoms with E-state index in [0.29, 0.717) is 41.7 Å². The van der Waals surface area contributed by atoms with Crippen molar-refractivity contribution in [3.05, 3.63) is 90.4 Å². The molecule has 0 unspecified atom stereocenters. The standard InChI is InChI=1S/C26H19N5O3/c27-15-19(26(32)29-21-8-9-23-24(14-21)34-12-11-33-23)13-20-17-31(22-6-2-1-3-7-22)30-25(20)18-5-4-10-28-16-18/h1-10,13-14,16-17H,11-12H2,(H,29,32)/b19-13+. The third-order valence-electron chi connectivity index (χ3n) is 5.16. The average molecular weight is 449 g/mol. The predicted molar refractivity (Wildman–Crippen MR) is 126 cm³/mol. The Labute approximate surface area is 195 Å². The summed E-state index contributed by atoms with van der Waals surface area (Å²) in [6, 6.07) is 20.4. The summed E-state index contributed by atoms with van der Waals surface area (Å²) in [4.78, 5) is 17.1. The van der Waals surface area contributed by atoms with E-state index >= 15 is 0 Å². The van der Waals surface area contributed by atoms with Crippen LogP contribution in [0.15, 0.2) is 84.8 Å². The number of fused-ring (bicyclic) bond motifs is 1. The number of anilines is 1. The molecule has 0 saturated carbocycles. The Balaban J connectivity index is 1.48. The summed E-state index contributed by atoms with van der Waals surface area (Å²) in [7, 11) is 0. The molecule has 1 N–H and O–H groups in total. The number of hydrogen-bond donors (Lipinski definition) is 1. The molecule has 166 valence electrons. The highest BCUT2D eigenvalue weighted by molar-refractivity contribution is 6.10. The molecule has 1 aliphatic heterocycles. The molecule has 0 atom stereocenters. The van der Waals surface area contributed by atoms with Crippen LogP contribution >= 0.6 is 0 Å². The maximum absolute atomic E-state index is 12.9. The lowest BCUT2D eigenvalue weighted by atomic mass is 10.1. The van der Waals surface area contributed by atoms with Gasteiger partial charge in [-0.15, -0.1) is 0 Å². The number of pyridine rings is 1. The molecule has 0 saturated heterocycles. The highest BCUT2D eigenvalue weighted by Crippen LogP contribution is 2.33. The number of carbonyl (C=O) groups is 1. The van der Waals surface area contributed by atoms with Crippen LogP contribution in [0.2, 0.25) is 0 Å². The smallest absolute Gasteiger partial charge is 0.266 e. The molecule has 1 amide bonds. The van der Waals surface area contributed by atoms with Crippen molar-refractivity contribution in [3.63, 3.8) is 0 Å². The Bertz CT molecular complexity index is 1410. The Morgan fingerprint density at radius 1 is 1.06 bits per heavy atom. The van der Waals surface area contributed by atoms with Crippen LogP contribution in [0.5, 0.6) is 11.5 Å². The second-order valence-electron chi connectivity index (χ2n) is 7.44. The molecule has 1 aliphatic rings. The van der Waals surface area contributed by atoms with E-state index in [1.807, 2.05) is 48.5 Å². The summed E-state index contributed by atoms with van der Waals surface area (Å²) < 4.78 is 12.8. The number of ether oxygens (including phenoxy) is 2. The molecule has 8 nitrogen and oxygen atoms in total. The van der Waals surface area contributed by atoms with Gasteiger partial charge in [0, 0.05) is 41.5 Å². The Morgan fingerprint density at radius 3 is 2.65 bits per heavy atom. The van der Waals surface area contributed by atoms with Gasteiger partial charge in [-0.2, -0.15) is 10.4 Å². The highest BCUT2D eigenvalue weighted by Gasteiger charge is 2.17. The van der Waals surface area contributed by atoms with E-state index < -0.39 is 5.91 Å². The van der Waals surface area contributed by atoms with E-state index in [-0.39, 0.29) is 5.57 Å². The molecular weight excluding hydrogens is 430 g/mol. The molecule has 2 aromatic heterocycles. The number of nitrogens with one attached hydrogen (secondary N) is 1. The van der Waals surface area contributed by atoms with Crippen LogP contribution in [0.4, 0.5) is 5.69 Å². The summed E-state index contributed by atoms with van der Waals surface area (Å²) in [5.74, 6) is 0.632. The van der Waals surface area contributed by atoms with Gasteiger partial charge in [-0.1, -0.05) is 18.2 Å². The zero-order valence-corrected chi connectivity index (χ0v) is 18.0. The van der Waals surface area contributed by atoms with Gasteiger partial charge in [-0.25, -0.2) is 4.68 Å². The third-order valence-corrected chi connectivity index (χ3v) is 5.16. The van der Waals surface area contributed by atoms with Crippen LogP contribution in [0.3, 0.4) is 0 Å². The second-order valence-corrected chi connectivity index (χ2v) is 7.44. The normalized spacial score (nSPS) is 12.6. The highest BCUT2D eigenvalue weighted by atomic mass is 16.6. The largest absolute Gasteiger partial charge is 0.486 e. The molecule has 0 fully saturated rings. The minimum atomic E-state index is -0.538. The van der Waals surface area contributed by atoms with E-state index in [2.05, 4.69) is 10.3 Å². The van der Waals surface area contributed by atoms with Crippen molar-refractivity contribution in [1.29, 1.82) is 5.26 Å². The number of nitriles is 1. The van der Waals surface area contributed by atoms with Gasteiger partial charge in [0.25, 0.3) is 5.91 Å². The summed E-state index contributed by atoms with van der Waals surface area (Å²) in [5.41, 5.74) is 3.29. The van der Waals surface area contributed by atoms with Crippen LogP contribution in [-0.2, 0) is 4.79 Å². The van der Waals surface area contributed by atoms with Crippen molar-refractivity contribution in [2.24, 2.45) is 0 Å². The van der Waals surface area contributed by atoms with Crippen molar-refractivity contribution in [3.8, 4) is 34.5 Å². The van der Waals surface area contributed by atoms with Crippen LogP contribution in [0.25, 0.3) is 23.0 Å². The second kappa shape index (κ2) is 9.30. The Hall–Kier alpha value is -4.90. The van der Waals surface area contributed by atoms with E-state index in [9.17, 15) is 10.1 Å². The number of nitrogens with zero attached hydrogens (tertiary/aromatic N) is 4. The number of rotatable bonds is 5. The Morgan fingerprint density at radius 2 is 1.88 bits per heavy atom. The number of aromatic nitrogens is 3. The van der Waals surface area contributed by atoms with Crippen LogP contribution in [0, 0.1) is 11.3 Å². The molecule has 0 bridgehead atoms. The molecular formula is C26H19N5O3. The van der Waals surface area contributed by atoms with Crippen molar-refractivity contribution in [2.45, 2.75) is 0 Å². The summed E-state index contributed by atoms with van der Waals surface area (Å²) in [5, 5.41) is 17.2. The lowest BCUT2D eigenvalue weighted by Gasteiger charge is -2.18. The molecule has 34 heavy (non-hydrogen) atoms. The zero-order chi connectivity index (χ0) is 23.3. The van der Waals surface area contributed by atoms with Crippen LogP contribution < -0.4 is 14.8 Å². The monoisotopic (exact) mass is 449 g/mol. The van der Waals surface area contributed by atoms with Gasteiger partial charge in [0.1, 0.15) is 30.6 Å². The van der Waals surface area contributed by atoms with Gasteiger partial charge in [-0.05, 0) is 42.5 Å². The third kappa shape index (κ3) is 4.36. The first-order valence-electron chi connectivity index (χ1n) is 10.6. The van der Waals surface area contributed by atoms with E-state index in [0.717, 1.165) is 11.3 Å². The minimum absolute atomic E-state index is 0.0624. The molecule has 3 heterocycles. The van der Waals surface area contributed by atoms with Crippen molar-refractivity contribution >= 4 is 17.7 Å². The first kappa shape index (κ1) is 21.0. The minimum Gasteiger partial charge on any atom is -0.486 e. The number of para-hydroxylation sites is 1. The lowest BCUT2D eigenvalue weighted by Crippen LogP contribution is -2.17. The van der Waals surface area contributed by atoms with Gasteiger partial charge in [0.2, 0.25) is 0 Å². The van der Waals surface area contributed by atoms with Crippen LogP contribution in [-0.4, -0.2) is 33.9 Å². The van der Waals surface area contributed by atoms with Crippen LogP contribution in [0.1, 0.15) is 5.56 Å². The van der Waals surface area contributed by atoms with Gasteiger partial charge in [0.15, 0.2) is 11.5 Å². The maximum Gasteiger partial charge on any atom is 0.266 e. The summed E-state index contributed by atoms with van der Waals surface area (Å²) in [6.07, 6.45) is 6.68. The number of hydrogen-bond acceptors (Lipinski definition) is 6. The quantitative estimate of drug-likeness (QED) is 0.361. The van der Waals surface area contributed by atoms with Gasteiger partial charge in [0.05, 0.1) is 5.69 Å². The fourth-order valence-corrected chi connectivity index (χ4v) is 3.56. The molecule has 0 aliphatic carbocycles. The molecule has 0 radical (unpaired) electrons.